The molecule has 0 bridgehead atoms. The van der Waals surface area contributed by atoms with E-state index in [0.717, 1.165) is 0 Å². The molecular weight excluding hydrogens is 278 g/mol. The van der Waals surface area contributed by atoms with E-state index in [1.807, 2.05) is 0 Å². The van der Waals surface area contributed by atoms with Crippen LogP contribution in [0.25, 0.3) is 11.1 Å². The Labute approximate surface area is 141 Å². The highest BCUT2D eigenvalue weighted by Gasteiger charge is 2.13. The zero-order valence-electron chi connectivity index (χ0n) is 14.4. The molecule has 122 valence electrons. The maximum absolute atomic E-state index is 2.65. The van der Waals surface area contributed by atoms with Gasteiger partial charge in [0.05, 0.1) is 0 Å². The number of hydrogen-bond donors (Lipinski definition) is 0. The summed E-state index contributed by atoms with van der Waals surface area (Å²) in [5.74, 6) is 0.621. The summed E-state index contributed by atoms with van der Waals surface area (Å²) in [5, 5.41) is 0. The quantitative estimate of drug-likeness (QED) is 0.659. The zero-order valence-corrected chi connectivity index (χ0v) is 14.4. The van der Waals surface area contributed by atoms with E-state index in [4.69, 9.17) is 0 Å². The van der Waals surface area contributed by atoms with Gasteiger partial charge in [0.15, 0.2) is 0 Å². The minimum Gasteiger partial charge on any atom is -0.303 e. The zero-order chi connectivity index (χ0) is 15.9. The molecule has 1 nitrogen and oxygen atoms in total. The van der Waals surface area contributed by atoms with Crippen LogP contribution in [0.3, 0.4) is 0 Å². The van der Waals surface area contributed by atoms with E-state index in [1.54, 1.807) is 0 Å². The summed E-state index contributed by atoms with van der Waals surface area (Å²) >= 11 is 0. The molecular formula is C22H29N. The van der Waals surface area contributed by atoms with Crippen LogP contribution in [0.2, 0.25) is 0 Å². The Hall–Kier alpha value is -1.60. The molecule has 0 aliphatic carbocycles. The van der Waals surface area contributed by atoms with Crippen LogP contribution in [-0.4, -0.2) is 24.5 Å². The van der Waals surface area contributed by atoms with Crippen molar-refractivity contribution in [3.8, 4) is 11.1 Å². The lowest BCUT2D eigenvalue weighted by atomic mass is 9.89. The summed E-state index contributed by atoms with van der Waals surface area (Å²) in [6.45, 7) is 6.29. The van der Waals surface area contributed by atoms with Crippen molar-refractivity contribution in [3.05, 3.63) is 60.2 Å². The standard InChI is InChI=1S/C22H29N/c1-19(11-10-18-23-16-8-3-9-17-23)21-14-6-7-15-22(21)20-12-4-2-5-13-20/h2,4-7,12-15,19H,3,8-11,16-18H2,1H3. The Morgan fingerprint density at radius 3 is 2.35 bits per heavy atom. The molecule has 0 aromatic heterocycles. The summed E-state index contributed by atoms with van der Waals surface area (Å²) < 4.78 is 0. The number of nitrogens with zero attached hydrogens (tertiary/aromatic N) is 1. The Morgan fingerprint density at radius 2 is 1.57 bits per heavy atom. The second-order valence-corrected chi connectivity index (χ2v) is 6.90. The van der Waals surface area contributed by atoms with Gasteiger partial charge in [0, 0.05) is 0 Å². The molecule has 3 rings (SSSR count). The molecule has 1 atom stereocenters. The van der Waals surface area contributed by atoms with E-state index in [9.17, 15) is 0 Å². The molecule has 1 aliphatic heterocycles. The van der Waals surface area contributed by atoms with Gasteiger partial charge < -0.3 is 4.90 Å². The van der Waals surface area contributed by atoms with Crippen molar-refractivity contribution in [2.45, 2.75) is 44.9 Å². The molecule has 1 fully saturated rings. The molecule has 2 aromatic carbocycles. The maximum Gasteiger partial charge on any atom is -0.00185 e. The van der Waals surface area contributed by atoms with Crippen LogP contribution < -0.4 is 0 Å². The molecule has 1 heteroatoms. The fourth-order valence-electron chi connectivity index (χ4n) is 3.77. The van der Waals surface area contributed by atoms with E-state index in [-0.39, 0.29) is 0 Å². The van der Waals surface area contributed by atoms with Crippen molar-refractivity contribution in [2.75, 3.05) is 19.6 Å². The topological polar surface area (TPSA) is 3.24 Å². The first-order chi connectivity index (χ1) is 11.3. The first-order valence-electron chi connectivity index (χ1n) is 9.21. The normalized spacial score (nSPS) is 17.1. The lowest BCUT2D eigenvalue weighted by Gasteiger charge is -2.27. The Kier molecular flexibility index (Phi) is 5.87. The first kappa shape index (κ1) is 16.3. The highest BCUT2D eigenvalue weighted by Crippen LogP contribution is 2.31. The van der Waals surface area contributed by atoms with Crippen molar-refractivity contribution in [2.24, 2.45) is 0 Å². The van der Waals surface area contributed by atoms with Gasteiger partial charge in [-0.2, -0.15) is 0 Å². The van der Waals surface area contributed by atoms with Gasteiger partial charge in [-0.3, -0.25) is 0 Å². The first-order valence-corrected chi connectivity index (χ1v) is 9.21. The molecule has 0 spiro atoms. The largest absolute Gasteiger partial charge is 0.303 e. The van der Waals surface area contributed by atoms with Crippen LogP contribution in [-0.2, 0) is 0 Å². The monoisotopic (exact) mass is 307 g/mol. The Bertz CT molecular complexity index is 584. The van der Waals surface area contributed by atoms with Gasteiger partial charge in [0.1, 0.15) is 0 Å². The van der Waals surface area contributed by atoms with Gasteiger partial charge >= 0.3 is 0 Å². The number of hydrogen-bond acceptors (Lipinski definition) is 1. The minimum absolute atomic E-state index is 0.621. The highest BCUT2D eigenvalue weighted by molar-refractivity contribution is 5.67. The lowest BCUT2D eigenvalue weighted by molar-refractivity contribution is 0.223. The van der Waals surface area contributed by atoms with Gasteiger partial charge in [-0.1, -0.05) is 67.9 Å². The number of likely N-dealkylation sites (tertiary alicyclic amines) is 1. The fraction of sp³-hybridized carbons (Fsp3) is 0.455. The predicted octanol–water partition coefficient (Wildman–Crippen LogP) is 5.72. The summed E-state index contributed by atoms with van der Waals surface area (Å²) in [7, 11) is 0. The average molecular weight is 307 g/mol. The fourth-order valence-corrected chi connectivity index (χ4v) is 3.77. The molecule has 1 aliphatic rings. The van der Waals surface area contributed by atoms with Crippen molar-refractivity contribution < 1.29 is 0 Å². The highest BCUT2D eigenvalue weighted by atomic mass is 15.1. The van der Waals surface area contributed by atoms with Crippen LogP contribution in [0.4, 0.5) is 0 Å². The van der Waals surface area contributed by atoms with Crippen LogP contribution in [0.15, 0.2) is 54.6 Å². The van der Waals surface area contributed by atoms with E-state index >= 15 is 0 Å². The molecule has 23 heavy (non-hydrogen) atoms. The molecule has 0 saturated carbocycles. The second kappa shape index (κ2) is 8.31. The van der Waals surface area contributed by atoms with Gasteiger partial charge in [0.25, 0.3) is 0 Å². The van der Waals surface area contributed by atoms with Crippen molar-refractivity contribution in [3.63, 3.8) is 0 Å². The second-order valence-electron chi connectivity index (χ2n) is 6.90. The van der Waals surface area contributed by atoms with Crippen molar-refractivity contribution in [1.29, 1.82) is 0 Å². The number of rotatable bonds is 6. The molecule has 1 unspecified atom stereocenters. The van der Waals surface area contributed by atoms with Gasteiger partial charge in [-0.15, -0.1) is 0 Å². The third kappa shape index (κ3) is 4.45. The molecule has 0 N–H and O–H groups in total. The smallest absolute Gasteiger partial charge is 0.00185 e. The third-order valence-electron chi connectivity index (χ3n) is 5.14. The Balaban J connectivity index is 1.62. The van der Waals surface area contributed by atoms with E-state index in [1.165, 1.54) is 68.4 Å². The predicted molar refractivity (Wildman–Crippen MR) is 99.8 cm³/mol. The Morgan fingerprint density at radius 1 is 0.870 bits per heavy atom. The van der Waals surface area contributed by atoms with Crippen LogP contribution in [0.5, 0.6) is 0 Å². The lowest BCUT2D eigenvalue weighted by Crippen LogP contribution is -2.30. The third-order valence-corrected chi connectivity index (χ3v) is 5.14. The summed E-state index contributed by atoms with van der Waals surface area (Å²) in [6, 6.07) is 19.7. The van der Waals surface area contributed by atoms with Crippen LogP contribution >= 0.6 is 0 Å². The van der Waals surface area contributed by atoms with Gasteiger partial charge in [-0.05, 0) is 67.9 Å². The molecule has 0 radical (unpaired) electrons. The average Bonchev–Trinajstić information content (AvgIpc) is 2.63. The minimum atomic E-state index is 0.621. The maximum atomic E-state index is 2.65. The van der Waals surface area contributed by atoms with Gasteiger partial charge in [-0.25, -0.2) is 0 Å². The van der Waals surface area contributed by atoms with E-state index in [0.29, 0.717) is 5.92 Å². The van der Waals surface area contributed by atoms with Gasteiger partial charge in [0.2, 0.25) is 0 Å². The molecule has 1 saturated heterocycles. The van der Waals surface area contributed by atoms with E-state index < -0.39 is 0 Å². The van der Waals surface area contributed by atoms with Crippen LogP contribution in [0.1, 0.15) is 50.5 Å². The molecule has 1 heterocycles. The molecule has 2 aromatic rings. The summed E-state index contributed by atoms with van der Waals surface area (Å²) in [5.41, 5.74) is 4.24. The van der Waals surface area contributed by atoms with E-state index in [2.05, 4.69) is 66.4 Å². The van der Waals surface area contributed by atoms with Crippen LogP contribution in [0, 0.1) is 0 Å². The summed E-state index contributed by atoms with van der Waals surface area (Å²) in [6.07, 6.45) is 6.81. The number of benzene rings is 2. The van der Waals surface area contributed by atoms with Crippen molar-refractivity contribution in [1.82, 2.24) is 4.90 Å². The molecule has 0 amide bonds. The summed E-state index contributed by atoms with van der Waals surface area (Å²) in [4.78, 5) is 2.65. The van der Waals surface area contributed by atoms with Crippen molar-refractivity contribution >= 4 is 0 Å². The SMILES string of the molecule is CC(CCCN1CCCCC1)c1ccccc1-c1ccccc1. The number of piperidine rings is 1.